The summed E-state index contributed by atoms with van der Waals surface area (Å²) >= 11 is 0. The first-order valence-electron chi connectivity index (χ1n) is 7.72. The van der Waals surface area contributed by atoms with Gasteiger partial charge in [0.15, 0.2) is 0 Å². The minimum atomic E-state index is 0.919. The van der Waals surface area contributed by atoms with Crippen molar-refractivity contribution in [2.75, 3.05) is 18.0 Å². The summed E-state index contributed by atoms with van der Waals surface area (Å²) in [4.78, 5) is 10.6. The third-order valence-electron chi connectivity index (χ3n) is 4.30. The van der Waals surface area contributed by atoms with Crippen molar-refractivity contribution in [3.63, 3.8) is 0 Å². The van der Waals surface area contributed by atoms with E-state index in [0.29, 0.717) is 0 Å². The Bertz CT molecular complexity index is 856. The molecule has 3 aromatic rings. The molecule has 22 heavy (non-hydrogen) atoms. The maximum absolute atomic E-state index is 4.78. The Labute approximate surface area is 130 Å². The quantitative estimate of drug-likeness (QED) is 0.775. The number of H-pyrrole nitrogens is 1. The number of aromatic nitrogens is 2. The van der Waals surface area contributed by atoms with Crippen LogP contribution in [0, 0.1) is 6.92 Å². The van der Waals surface area contributed by atoms with E-state index in [1.54, 1.807) is 0 Å². The molecule has 1 aliphatic rings. The van der Waals surface area contributed by atoms with Gasteiger partial charge in [-0.3, -0.25) is 0 Å². The largest absolute Gasteiger partial charge is 0.371 e. The molecule has 1 saturated heterocycles. The molecule has 1 fully saturated rings. The number of nitrogens with zero attached hydrogens (tertiary/aromatic N) is 2. The Balaban J connectivity index is 1.78. The van der Waals surface area contributed by atoms with E-state index in [9.17, 15) is 0 Å². The molecule has 0 spiro atoms. The van der Waals surface area contributed by atoms with Gasteiger partial charge < -0.3 is 9.88 Å². The van der Waals surface area contributed by atoms with Gasteiger partial charge in [-0.2, -0.15) is 0 Å². The van der Waals surface area contributed by atoms with Crippen LogP contribution >= 0.6 is 0 Å². The molecule has 110 valence electrons. The summed E-state index contributed by atoms with van der Waals surface area (Å²) in [5.74, 6) is 0.919. The summed E-state index contributed by atoms with van der Waals surface area (Å²) in [5.41, 5.74) is 6.83. The highest BCUT2D eigenvalue weighted by atomic mass is 15.2. The molecule has 3 heteroatoms. The topological polar surface area (TPSA) is 31.9 Å². The fourth-order valence-corrected chi connectivity index (χ4v) is 2.97. The van der Waals surface area contributed by atoms with E-state index in [-0.39, 0.29) is 0 Å². The lowest BCUT2D eigenvalue weighted by Crippen LogP contribution is -2.36. The van der Waals surface area contributed by atoms with Crippen molar-refractivity contribution in [2.24, 2.45) is 0 Å². The molecule has 0 atom stereocenters. The van der Waals surface area contributed by atoms with Crippen LogP contribution in [-0.4, -0.2) is 23.1 Å². The maximum Gasteiger partial charge on any atom is 0.138 e. The van der Waals surface area contributed by atoms with Crippen molar-refractivity contribution in [3.8, 4) is 11.4 Å². The zero-order chi connectivity index (χ0) is 15.1. The fraction of sp³-hybridized carbons (Fsp3) is 0.211. The molecule has 0 saturated carbocycles. The van der Waals surface area contributed by atoms with Gasteiger partial charge in [0.1, 0.15) is 5.82 Å². The van der Waals surface area contributed by atoms with Crippen LogP contribution in [0.25, 0.3) is 28.5 Å². The molecule has 4 rings (SSSR count). The second kappa shape index (κ2) is 5.02. The van der Waals surface area contributed by atoms with Crippen LogP contribution in [0.1, 0.15) is 17.5 Å². The Kier molecular flexibility index (Phi) is 3.00. The summed E-state index contributed by atoms with van der Waals surface area (Å²) in [6.45, 7) is 8.27. The molecule has 2 heterocycles. The molecular weight excluding hydrogens is 270 g/mol. The smallest absolute Gasteiger partial charge is 0.138 e. The molecule has 0 radical (unpaired) electrons. The molecule has 1 aromatic heterocycles. The van der Waals surface area contributed by atoms with Gasteiger partial charge in [-0.25, -0.2) is 4.98 Å². The van der Waals surface area contributed by atoms with Gasteiger partial charge in [0.25, 0.3) is 0 Å². The van der Waals surface area contributed by atoms with E-state index in [2.05, 4.69) is 59.8 Å². The van der Waals surface area contributed by atoms with E-state index in [0.717, 1.165) is 41.1 Å². The van der Waals surface area contributed by atoms with Gasteiger partial charge in [-0.15, -0.1) is 0 Å². The molecule has 3 nitrogen and oxygen atoms in total. The van der Waals surface area contributed by atoms with Crippen LogP contribution in [0.2, 0.25) is 0 Å². The van der Waals surface area contributed by atoms with Crippen molar-refractivity contribution in [1.29, 1.82) is 0 Å². The third-order valence-corrected chi connectivity index (χ3v) is 4.30. The zero-order valence-electron chi connectivity index (χ0n) is 12.8. The van der Waals surface area contributed by atoms with Crippen LogP contribution in [0.15, 0.2) is 43.0 Å². The minimum absolute atomic E-state index is 0.919. The Morgan fingerprint density at radius 3 is 2.77 bits per heavy atom. The first kappa shape index (κ1) is 13.1. The van der Waals surface area contributed by atoms with E-state index in [4.69, 9.17) is 4.98 Å². The maximum atomic E-state index is 4.78. The number of anilines is 1. The normalized spacial score (nSPS) is 14.1. The molecule has 1 N–H and O–H groups in total. The molecule has 0 aliphatic carbocycles. The highest BCUT2D eigenvalue weighted by Gasteiger charge is 2.15. The Hall–Kier alpha value is -2.55. The van der Waals surface area contributed by atoms with Gasteiger partial charge >= 0.3 is 0 Å². The summed E-state index contributed by atoms with van der Waals surface area (Å²) in [6.07, 6.45) is 3.17. The zero-order valence-corrected chi connectivity index (χ0v) is 12.8. The lowest BCUT2D eigenvalue weighted by Gasteiger charge is -2.33. The summed E-state index contributed by atoms with van der Waals surface area (Å²) in [5, 5.41) is 0. The fourth-order valence-electron chi connectivity index (χ4n) is 2.97. The van der Waals surface area contributed by atoms with Gasteiger partial charge in [0, 0.05) is 24.3 Å². The summed E-state index contributed by atoms with van der Waals surface area (Å²) in [6, 6.07) is 12.9. The predicted molar refractivity (Wildman–Crippen MR) is 93.2 cm³/mol. The average Bonchev–Trinajstić information content (AvgIpc) is 2.88. The van der Waals surface area contributed by atoms with Gasteiger partial charge in [-0.05, 0) is 54.8 Å². The lowest BCUT2D eigenvalue weighted by molar-refractivity contribution is 0.618. The Morgan fingerprint density at radius 2 is 2.05 bits per heavy atom. The SMILES string of the molecule is C=Cc1cc(C)cc(-c2nc3cc(N4CCC4)ccc3[nH]2)c1. The van der Waals surface area contributed by atoms with Gasteiger partial charge in [-0.1, -0.05) is 18.7 Å². The van der Waals surface area contributed by atoms with E-state index in [1.807, 2.05) is 6.08 Å². The standard InChI is InChI=1S/C19H19N3/c1-3-14-9-13(2)10-15(11-14)19-20-17-6-5-16(12-18(17)21-19)22-7-4-8-22/h3,5-6,9-12H,1,4,7-8H2,2H3,(H,20,21). The molecule has 1 aliphatic heterocycles. The molecule has 2 aromatic carbocycles. The van der Waals surface area contributed by atoms with E-state index < -0.39 is 0 Å². The van der Waals surface area contributed by atoms with Gasteiger partial charge in [0.2, 0.25) is 0 Å². The summed E-state index contributed by atoms with van der Waals surface area (Å²) < 4.78 is 0. The van der Waals surface area contributed by atoms with Crippen LogP contribution < -0.4 is 4.90 Å². The number of imidazole rings is 1. The third kappa shape index (κ3) is 2.19. The number of aromatic amines is 1. The predicted octanol–water partition coefficient (Wildman–Crippen LogP) is 4.39. The van der Waals surface area contributed by atoms with Crippen LogP contribution in [0.4, 0.5) is 5.69 Å². The molecular formula is C19H19N3. The van der Waals surface area contributed by atoms with Crippen molar-refractivity contribution in [1.82, 2.24) is 9.97 Å². The highest BCUT2D eigenvalue weighted by Crippen LogP contribution is 2.27. The van der Waals surface area contributed by atoms with E-state index >= 15 is 0 Å². The number of rotatable bonds is 3. The van der Waals surface area contributed by atoms with Crippen molar-refractivity contribution in [2.45, 2.75) is 13.3 Å². The number of nitrogens with one attached hydrogen (secondary N) is 1. The molecule has 0 unspecified atom stereocenters. The first-order chi connectivity index (χ1) is 10.7. The molecule has 0 amide bonds. The number of hydrogen-bond acceptors (Lipinski definition) is 2. The van der Waals surface area contributed by atoms with Crippen molar-refractivity contribution >= 4 is 22.8 Å². The number of fused-ring (bicyclic) bond motifs is 1. The number of benzene rings is 2. The average molecular weight is 289 g/mol. The van der Waals surface area contributed by atoms with Gasteiger partial charge in [0.05, 0.1) is 11.0 Å². The van der Waals surface area contributed by atoms with Crippen LogP contribution in [-0.2, 0) is 0 Å². The first-order valence-corrected chi connectivity index (χ1v) is 7.72. The van der Waals surface area contributed by atoms with Crippen molar-refractivity contribution in [3.05, 3.63) is 54.1 Å². The number of hydrogen-bond donors (Lipinski definition) is 1. The van der Waals surface area contributed by atoms with Crippen LogP contribution in [0.5, 0.6) is 0 Å². The lowest BCUT2D eigenvalue weighted by atomic mass is 10.1. The molecule has 0 bridgehead atoms. The monoisotopic (exact) mass is 289 g/mol. The Morgan fingerprint density at radius 1 is 1.18 bits per heavy atom. The van der Waals surface area contributed by atoms with Crippen molar-refractivity contribution < 1.29 is 0 Å². The van der Waals surface area contributed by atoms with E-state index in [1.165, 1.54) is 17.7 Å². The second-order valence-corrected chi connectivity index (χ2v) is 5.96. The number of aryl methyl sites for hydroxylation is 1. The highest BCUT2D eigenvalue weighted by molar-refractivity contribution is 5.83. The summed E-state index contributed by atoms with van der Waals surface area (Å²) in [7, 11) is 0. The van der Waals surface area contributed by atoms with Crippen LogP contribution in [0.3, 0.4) is 0 Å². The minimum Gasteiger partial charge on any atom is -0.371 e. The second-order valence-electron chi connectivity index (χ2n) is 5.96.